The van der Waals surface area contributed by atoms with Crippen LogP contribution in [0.3, 0.4) is 0 Å². The summed E-state index contributed by atoms with van der Waals surface area (Å²) >= 11 is 1.79. The van der Waals surface area contributed by atoms with Crippen molar-refractivity contribution in [3.63, 3.8) is 0 Å². The van der Waals surface area contributed by atoms with E-state index in [1.807, 2.05) is 0 Å². The number of thioether (sulfide) groups is 1. The quantitative estimate of drug-likeness (QED) is 0.493. The van der Waals surface area contributed by atoms with E-state index in [1.165, 1.54) is 15.8 Å². The van der Waals surface area contributed by atoms with Crippen LogP contribution in [0.25, 0.3) is 10.8 Å². The van der Waals surface area contributed by atoms with Gasteiger partial charge in [-0.1, -0.05) is 30.0 Å². The minimum Gasteiger partial charge on any atom is -0.195 e. The van der Waals surface area contributed by atoms with Crippen molar-refractivity contribution in [2.24, 2.45) is 7.05 Å². The van der Waals surface area contributed by atoms with Crippen LogP contribution in [-0.2, 0) is 7.05 Å². The van der Waals surface area contributed by atoms with Crippen molar-refractivity contribution in [1.29, 1.82) is 0 Å². The fourth-order valence-corrected chi connectivity index (χ4v) is 2.30. The molecule has 0 aliphatic carbocycles. The summed E-state index contributed by atoms with van der Waals surface area (Å²) in [6.45, 7) is 0. The normalized spacial score (nSPS) is 10.6. The molecule has 0 N–H and O–H groups in total. The Morgan fingerprint density at radius 1 is 1.15 bits per heavy atom. The molecule has 0 saturated heterocycles. The predicted octanol–water partition coefficient (Wildman–Crippen LogP) is 2.39. The lowest BCUT2D eigenvalue weighted by atomic mass is 10.2. The minimum absolute atomic E-state index is 1.31. The first-order valence-corrected chi connectivity index (χ1v) is 5.47. The number of hydrogen-bond donors (Lipinski definition) is 0. The second-order valence-electron chi connectivity index (χ2n) is 3.02. The lowest BCUT2D eigenvalue weighted by Gasteiger charge is -2.00. The molecule has 1 aromatic heterocycles. The van der Waals surface area contributed by atoms with E-state index in [0.717, 1.165) is 0 Å². The summed E-state index contributed by atoms with van der Waals surface area (Å²) in [4.78, 5) is 0. The number of nitrogens with zero attached hydrogens (tertiary/aromatic N) is 1. The average Bonchev–Trinajstić information content (AvgIpc) is 2.18. The highest BCUT2D eigenvalue weighted by atomic mass is 32.2. The van der Waals surface area contributed by atoms with Crippen molar-refractivity contribution in [2.75, 3.05) is 6.26 Å². The maximum absolute atomic E-state index is 2.17. The van der Waals surface area contributed by atoms with Gasteiger partial charge in [0.05, 0.1) is 5.39 Å². The molecule has 1 heterocycles. The molecule has 0 saturated carbocycles. The molecule has 0 fully saturated rings. The number of hydrogen-bond acceptors (Lipinski definition) is 1. The first kappa shape index (κ1) is 8.57. The fraction of sp³-hybridized carbons (Fsp3) is 0.182. The summed E-state index contributed by atoms with van der Waals surface area (Å²) < 4.78 is 2.16. The molecule has 2 heteroatoms. The minimum atomic E-state index is 1.31. The number of pyridine rings is 1. The summed E-state index contributed by atoms with van der Waals surface area (Å²) in [7, 11) is 2.08. The zero-order valence-corrected chi connectivity index (χ0v) is 8.64. The molecule has 0 bridgehead atoms. The number of fused-ring (bicyclic) bond motifs is 1. The summed E-state index contributed by atoms with van der Waals surface area (Å²) in [5.41, 5.74) is 0. The van der Waals surface area contributed by atoms with E-state index < -0.39 is 0 Å². The predicted molar refractivity (Wildman–Crippen MR) is 56.9 cm³/mol. The Labute approximate surface area is 82.4 Å². The fourth-order valence-electron chi connectivity index (χ4n) is 1.54. The average molecular weight is 190 g/mol. The monoisotopic (exact) mass is 190 g/mol. The Morgan fingerprint density at radius 3 is 2.69 bits per heavy atom. The molecule has 0 spiro atoms. The molecule has 13 heavy (non-hydrogen) atoms. The molecule has 0 unspecified atom stereocenters. The summed E-state index contributed by atoms with van der Waals surface area (Å²) in [6, 6.07) is 10.6. The Morgan fingerprint density at radius 2 is 1.92 bits per heavy atom. The number of aromatic nitrogens is 1. The van der Waals surface area contributed by atoms with Gasteiger partial charge in [0.15, 0.2) is 6.20 Å². The van der Waals surface area contributed by atoms with Gasteiger partial charge in [-0.3, -0.25) is 0 Å². The van der Waals surface area contributed by atoms with E-state index in [4.69, 9.17) is 0 Å². The third-order valence-corrected chi connectivity index (χ3v) is 3.08. The van der Waals surface area contributed by atoms with E-state index in [9.17, 15) is 0 Å². The first-order valence-electron chi connectivity index (χ1n) is 4.24. The Balaban J connectivity index is 2.84. The van der Waals surface area contributed by atoms with Crippen molar-refractivity contribution in [2.45, 2.75) is 5.03 Å². The molecule has 0 atom stereocenters. The van der Waals surface area contributed by atoms with Crippen molar-refractivity contribution in [1.82, 2.24) is 0 Å². The van der Waals surface area contributed by atoms with Crippen LogP contribution in [0.15, 0.2) is 41.6 Å². The zero-order valence-electron chi connectivity index (χ0n) is 7.82. The summed E-state index contributed by atoms with van der Waals surface area (Å²) in [5, 5.41) is 3.96. The Bertz CT molecular complexity index is 437. The second kappa shape index (κ2) is 3.38. The van der Waals surface area contributed by atoms with Crippen molar-refractivity contribution < 1.29 is 4.57 Å². The smallest absolute Gasteiger partial charge is 0.195 e. The highest BCUT2D eigenvalue weighted by Gasteiger charge is 2.08. The zero-order chi connectivity index (χ0) is 9.26. The topological polar surface area (TPSA) is 3.88 Å². The molecule has 0 aliphatic rings. The van der Waals surface area contributed by atoms with Crippen LogP contribution >= 0.6 is 11.8 Å². The van der Waals surface area contributed by atoms with Gasteiger partial charge in [0.1, 0.15) is 7.05 Å². The third-order valence-electron chi connectivity index (χ3n) is 2.18. The van der Waals surface area contributed by atoms with E-state index in [2.05, 4.69) is 54.4 Å². The van der Waals surface area contributed by atoms with Crippen LogP contribution < -0.4 is 4.57 Å². The Kier molecular flexibility index (Phi) is 2.23. The molecule has 2 rings (SSSR count). The molecule has 2 aromatic rings. The van der Waals surface area contributed by atoms with Gasteiger partial charge in [-0.15, -0.1) is 0 Å². The molecule has 1 aromatic carbocycles. The van der Waals surface area contributed by atoms with E-state index >= 15 is 0 Å². The van der Waals surface area contributed by atoms with Crippen molar-refractivity contribution in [3.05, 3.63) is 36.5 Å². The molecule has 0 radical (unpaired) electrons. The van der Waals surface area contributed by atoms with Gasteiger partial charge in [0.25, 0.3) is 0 Å². The summed E-state index contributed by atoms with van der Waals surface area (Å²) in [6.07, 6.45) is 4.22. The number of benzene rings is 1. The molecule has 0 amide bonds. The standard InChI is InChI=1S/C11H12NS/c1-12-8-7-9-5-3-4-6-10(9)11(12)13-2/h3-8H,1-2H3/q+1. The molecule has 1 nitrogen and oxygen atoms in total. The van der Waals surface area contributed by atoms with E-state index in [-0.39, 0.29) is 0 Å². The second-order valence-corrected chi connectivity index (χ2v) is 3.82. The highest BCUT2D eigenvalue weighted by molar-refractivity contribution is 7.98. The van der Waals surface area contributed by atoms with Crippen LogP contribution in [0, 0.1) is 0 Å². The SMILES string of the molecule is CSc1c2ccccc2cc[n+]1C. The van der Waals surface area contributed by atoms with Gasteiger partial charge in [-0.25, -0.2) is 0 Å². The van der Waals surface area contributed by atoms with Gasteiger partial charge < -0.3 is 0 Å². The van der Waals surface area contributed by atoms with Crippen molar-refractivity contribution in [3.8, 4) is 0 Å². The van der Waals surface area contributed by atoms with Crippen LogP contribution in [0.5, 0.6) is 0 Å². The van der Waals surface area contributed by atoms with Crippen LogP contribution in [0.2, 0.25) is 0 Å². The Hall–Kier alpha value is -1.02. The number of aryl methyl sites for hydroxylation is 1. The number of rotatable bonds is 1. The first-order chi connectivity index (χ1) is 6.33. The molecular formula is C11H12NS+. The van der Waals surface area contributed by atoms with Gasteiger partial charge in [0, 0.05) is 6.07 Å². The van der Waals surface area contributed by atoms with Gasteiger partial charge >= 0.3 is 0 Å². The molecule has 66 valence electrons. The lowest BCUT2D eigenvalue weighted by Crippen LogP contribution is -2.30. The maximum atomic E-state index is 2.17. The molecule has 0 aliphatic heterocycles. The van der Waals surface area contributed by atoms with E-state index in [0.29, 0.717) is 0 Å². The van der Waals surface area contributed by atoms with Gasteiger partial charge in [0.2, 0.25) is 5.03 Å². The van der Waals surface area contributed by atoms with Crippen LogP contribution in [0.1, 0.15) is 0 Å². The van der Waals surface area contributed by atoms with E-state index in [1.54, 1.807) is 11.8 Å². The molecular weight excluding hydrogens is 178 g/mol. The van der Waals surface area contributed by atoms with Gasteiger partial charge in [-0.2, -0.15) is 4.57 Å². The lowest BCUT2D eigenvalue weighted by molar-refractivity contribution is -0.706. The third kappa shape index (κ3) is 1.42. The largest absolute Gasteiger partial charge is 0.247 e. The van der Waals surface area contributed by atoms with Crippen LogP contribution in [-0.4, -0.2) is 6.26 Å². The highest BCUT2D eigenvalue weighted by Crippen LogP contribution is 2.21. The maximum Gasteiger partial charge on any atom is 0.247 e. The summed E-state index contributed by atoms with van der Waals surface area (Å²) in [5.74, 6) is 0. The van der Waals surface area contributed by atoms with Gasteiger partial charge in [-0.05, 0) is 17.7 Å². The van der Waals surface area contributed by atoms with Crippen molar-refractivity contribution >= 4 is 22.5 Å². The van der Waals surface area contributed by atoms with Crippen LogP contribution in [0.4, 0.5) is 0 Å².